The van der Waals surface area contributed by atoms with Gasteiger partial charge in [0.2, 0.25) is 10.0 Å². The van der Waals surface area contributed by atoms with Crippen LogP contribution >= 0.6 is 0 Å². The smallest absolute Gasteiger partial charge is 0.214 e. The van der Waals surface area contributed by atoms with E-state index in [0.29, 0.717) is 18.4 Å². The predicted octanol–water partition coefficient (Wildman–Crippen LogP) is 1.79. The van der Waals surface area contributed by atoms with Crippen LogP contribution in [0.15, 0.2) is 30.3 Å². The van der Waals surface area contributed by atoms with E-state index in [9.17, 15) is 8.42 Å². The molecule has 3 heterocycles. The van der Waals surface area contributed by atoms with Crippen LogP contribution in [0.1, 0.15) is 31.2 Å². The van der Waals surface area contributed by atoms with Gasteiger partial charge in [0.1, 0.15) is 0 Å². The normalized spacial score (nSPS) is 36.5. The van der Waals surface area contributed by atoms with E-state index in [1.807, 2.05) is 0 Å². The van der Waals surface area contributed by atoms with Crippen LogP contribution in [0.3, 0.4) is 0 Å². The summed E-state index contributed by atoms with van der Waals surface area (Å²) in [6.45, 7) is 3.66. The molecule has 1 N–H and O–H groups in total. The third kappa shape index (κ3) is 3.01. The Bertz CT molecular complexity index is 765. The molecule has 142 valence electrons. The van der Waals surface area contributed by atoms with E-state index < -0.39 is 10.0 Å². The summed E-state index contributed by atoms with van der Waals surface area (Å²) in [6, 6.07) is 10.6. The molecule has 5 nitrogen and oxygen atoms in total. The lowest BCUT2D eigenvalue weighted by atomic mass is 9.74. The molecule has 1 aliphatic carbocycles. The van der Waals surface area contributed by atoms with Crippen LogP contribution in [0.5, 0.6) is 0 Å². The third-order valence-corrected chi connectivity index (χ3v) is 8.82. The van der Waals surface area contributed by atoms with E-state index in [1.54, 1.807) is 0 Å². The number of nitrogens with one attached hydrogen (secondary N) is 1. The number of sulfonamides is 1. The predicted molar refractivity (Wildman–Crippen MR) is 100 cm³/mol. The van der Waals surface area contributed by atoms with Crippen molar-refractivity contribution < 1.29 is 13.2 Å². The highest BCUT2D eigenvalue weighted by molar-refractivity contribution is 7.90. The first-order valence-corrected chi connectivity index (χ1v) is 11.5. The fraction of sp³-hybridized carbons (Fsp3) is 0.700. The first-order chi connectivity index (χ1) is 12.6. The Hall–Kier alpha value is -0.950. The van der Waals surface area contributed by atoms with Crippen molar-refractivity contribution in [3.63, 3.8) is 0 Å². The number of ether oxygens (including phenoxy) is 1. The van der Waals surface area contributed by atoms with Gasteiger partial charge in [0.25, 0.3) is 0 Å². The van der Waals surface area contributed by atoms with Gasteiger partial charge in [-0.25, -0.2) is 13.1 Å². The van der Waals surface area contributed by atoms with E-state index in [-0.39, 0.29) is 17.0 Å². The van der Waals surface area contributed by atoms with Gasteiger partial charge in [-0.05, 0) is 37.7 Å². The van der Waals surface area contributed by atoms with Crippen molar-refractivity contribution >= 4 is 10.0 Å². The number of hydrogen-bond donors (Lipinski definition) is 1. The molecular weight excluding hydrogens is 348 g/mol. The van der Waals surface area contributed by atoms with Crippen LogP contribution in [0.25, 0.3) is 0 Å². The number of rotatable bonds is 7. The lowest BCUT2D eigenvalue weighted by molar-refractivity contribution is 0.00293. The maximum absolute atomic E-state index is 12.2. The molecule has 4 atom stereocenters. The van der Waals surface area contributed by atoms with Gasteiger partial charge in [-0.1, -0.05) is 30.3 Å². The number of hydrogen-bond acceptors (Lipinski definition) is 4. The van der Waals surface area contributed by atoms with Crippen molar-refractivity contribution in [1.82, 2.24) is 9.62 Å². The molecule has 1 aromatic rings. The van der Waals surface area contributed by atoms with Crippen molar-refractivity contribution in [2.24, 2.45) is 11.8 Å². The maximum Gasteiger partial charge on any atom is 0.214 e. The molecule has 3 saturated heterocycles. The molecule has 6 heteroatoms. The Morgan fingerprint density at radius 1 is 1.19 bits per heavy atom. The monoisotopic (exact) mass is 376 g/mol. The van der Waals surface area contributed by atoms with Gasteiger partial charge < -0.3 is 4.74 Å². The molecule has 0 radical (unpaired) electrons. The molecule has 0 unspecified atom stereocenters. The van der Waals surface area contributed by atoms with E-state index in [0.717, 1.165) is 51.7 Å². The zero-order valence-corrected chi connectivity index (χ0v) is 16.0. The summed E-state index contributed by atoms with van der Waals surface area (Å²) in [5, 5.41) is -0.137. The molecule has 3 aliphatic heterocycles. The van der Waals surface area contributed by atoms with Gasteiger partial charge in [-0.2, -0.15) is 0 Å². The highest BCUT2D eigenvalue weighted by Crippen LogP contribution is 2.54. The molecular formula is C20H28N2O3S. The molecule has 5 rings (SSSR count). The van der Waals surface area contributed by atoms with Gasteiger partial charge in [0.15, 0.2) is 0 Å². The third-order valence-electron chi connectivity index (χ3n) is 6.90. The van der Waals surface area contributed by atoms with Crippen LogP contribution in [-0.4, -0.2) is 56.5 Å². The molecule has 1 saturated carbocycles. The van der Waals surface area contributed by atoms with Crippen LogP contribution in [0.2, 0.25) is 0 Å². The largest absolute Gasteiger partial charge is 0.370 e. The Kier molecular flexibility index (Phi) is 4.16. The molecule has 0 amide bonds. The second kappa shape index (κ2) is 6.30. The molecule has 4 aliphatic rings. The summed E-state index contributed by atoms with van der Waals surface area (Å²) in [5.41, 5.74) is 1.36. The summed E-state index contributed by atoms with van der Waals surface area (Å²) in [6.07, 6.45) is 5.17. The molecule has 2 bridgehead atoms. The van der Waals surface area contributed by atoms with Gasteiger partial charge in [0.05, 0.1) is 17.0 Å². The Morgan fingerprint density at radius 2 is 2.00 bits per heavy atom. The lowest BCUT2D eigenvalue weighted by Crippen LogP contribution is -2.42. The van der Waals surface area contributed by atoms with Gasteiger partial charge in [-0.15, -0.1) is 0 Å². The highest BCUT2D eigenvalue weighted by atomic mass is 32.2. The van der Waals surface area contributed by atoms with Crippen LogP contribution in [0.4, 0.5) is 0 Å². The Labute approximate surface area is 156 Å². The summed E-state index contributed by atoms with van der Waals surface area (Å²) in [5.74, 6) is 0.804. The standard InChI is InChI=1S/C20H28N2O3S/c23-26(24,16-6-7-16)21-12-17-18-13-22(11-9-15-4-2-1-3-5-15)14-20(18)10-8-19(17)25-20/h1-5,16-19,21H,6-14H2/t17-,18+,19+,20+/m0/s1. The maximum atomic E-state index is 12.2. The number of nitrogens with zero attached hydrogens (tertiary/aromatic N) is 1. The first-order valence-electron chi connectivity index (χ1n) is 9.98. The van der Waals surface area contributed by atoms with Crippen LogP contribution in [0, 0.1) is 11.8 Å². The van der Waals surface area contributed by atoms with Gasteiger partial charge in [0, 0.05) is 38.0 Å². The second-order valence-electron chi connectivity index (χ2n) is 8.59. The SMILES string of the molecule is O=S(=O)(NC[C@H]1[C@H]2CN(CCc3ccccc3)C[C@]23CC[C@H]1O3)C1CC1. The van der Waals surface area contributed by atoms with E-state index in [1.165, 1.54) is 5.56 Å². The minimum absolute atomic E-state index is 0.0168. The van der Waals surface area contributed by atoms with E-state index >= 15 is 0 Å². The zero-order valence-electron chi connectivity index (χ0n) is 15.1. The Morgan fingerprint density at radius 3 is 2.77 bits per heavy atom. The topological polar surface area (TPSA) is 58.6 Å². The minimum Gasteiger partial charge on any atom is -0.370 e. The second-order valence-corrected chi connectivity index (χ2v) is 10.6. The number of benzene rings is 1. The van der Waals surface area contributed by atoms with Crippen LogP contribution < -0.4 is 4.72 Å². The zero-order chi connectivity index (χ0) is 17.8. The van der Waals surface area contributed by atoms with Crippen LogP contribution in [-0.2, 0) is 21.2 Å². The van der Waals surface area contributed by atoms with Crippen molar-refractivity contribution in [3.8, 4) is 0 Å². The average molecular weight is 377 g/mol. The van der Waals surface area contributed by atoms with Gasteiger partial charge in [-0.3, -0.25) is 4.90 Å². The summed E-state index contributed by atoms with van der Waals surface area (Å²) in [7, 11) is -3.10. The quantitative estimate of drug-likeness (QED) is 0.788. The summed E-state index contributed by atoms with van der Waals surface area (Å²) < 4.78 is 33.8. The molecule has 4 fully saturated rings. The Balaban J connectivity index is 1.22. The van der Waals surface area contributed by atoms with Gasteiger partial charge >= 0.3 is 0 Å². The summed E-state index contributed by atoms with van der Waals surface area (Å²) in [4.78, 5) is 2.53. The highest BCUT2D eigenvalue weighted by Gasteiger charge is 2.62. The first kappa shape index (κ1) is 17.2. The van der Waals surface area contributed by atoms with E-state index in [2.05, 4.69) is 40.0 Å². The summed E-state index contributed by atoms with van der Waals surface area (Å²) >= 11 is 0. The minimum atomic E-state index is -3.10. The fourth-order valence-corrected chi connectivity index (χ4v) is 6.79. The van der Waals surface area contributed by atoms with Crippen molar-refractivity contribution in [1.29, 1.82) is 0 Å². The molecule has 1 spiro atoms. The number of fused-ring (bicyclic) bond motifs is 1. The molecule has 1 aromatic carbocycles. The van der Waals surface area contributed by atoms with E-state index in [4.69, 9.17) is 4.74 Å². The number of likely N-dealkylation sites (tertiary alicyclic amines) is 1. The molecule has 0 aromatic heterocycles. The van der Waals surface area contributed by atoms with Crippen molar-refractivity contribution in [2.45, 2.75) is 49.1 Å². The average Bonchev–Trinajstić information content (AvgIpc) is 3.26. The van der Waals surface area contributed by atoms with Crippen molar-refractivity contribution in [2.75, 3.05) is 26.2 Å². The fourth-order valence-electron chi connectivity index (χ4n) is 5.37. The van der Waals surface area contributed by atoms with Crippen molar-refractivity contribution in [3.05, 3.63) is 35.9 Å². The molecule has 26 heavy (non-hydrogen) atoms. The lowest BCUT2D eigenvalue weighted by Gasteiger charge is -2.29.